The quantitative estimate of drug-likeness (QED) is 0.714. The maximum Gasteiger partial charge on any atom is 0.253 e. The van der Waals surface area contributed by atoms with E-state index in [0.717, 1.165) is 0 Å². The van der Waals surface area contributed by atoms with E-state index in [1.807, 2.05) is 0 Å². The van der Waals surface area contributed by atoms with Gasteiger partial charge in [0.2, 0.25) is 0 Å². The predicted octanol–water partition coefficient (Wildman–Crippen LogP) is 0.282. The van der Waals surface area contributed by atoms with Gasteiger partial charge in [-0.2, -0.15) is 5.10 Å². The maximum atomic E-state index is 10.6. The molecule has 0 spiro atoms. The third kappa shape index (κ3) is 1.04. The summed E-state index contributed by atoms with van der Waals surface area (Å²) in [5.41, 5.74) is 5.41. The zero-order valence-corrected chi connectivity index (χ0v) is 6.92. The first-order chi connectivity index (χ1) is 4.63. The molecule has 0 bridgehead atoms. The Morgan fingerprint density at radius 1 is 1.90 bits per heavy atom. The number of carbonyl (C=O) groups excluding carboxylic acids is 1. The highest BCUT2D eigenvalue weighted by Gasteiger charge is 2.09. The molecule has 0 radical (unpaired) electrons. The molecule has 1 amide bonds. The van der Waals surface area contributed by atoms with E-state index in [1.54, 1.807) is 7.05 Å². The van der Waals surface area contributed by atoms with E-state index in [0.29, 0.717) is 10.2 Å². The van der Waals surface area contributed by atoms with Crippen LogP contribution in [-0.4, -0.2) is 15.7 Å². The second-order valence-corrected chi connectivity index (χ2v) is 2.59. The van der Waals surface area contributed by atoms with Crippen molar-refractivity contribution in [3.05, 3.63) is 16.4 Å². The van der Waals surface area contributed by atoms with E-state index < -0.39 is 5.91 Å². The summed E-state index contributed by atoms with van der Waals surface area (Å²) < 4.78 is 2.14. The molecule has 0 aliphatic carbocycles. The van der Waals surface area contributed by atoms with Crippen molar-refractivity contribution >= 4 is 21.8 Å². The van der Waals surface area contributed by atoms with Crippen molar-refractivity contribution in [2.45, 2.75) is 0 Å². The fourth-order valence-corrected chi connectivity index (χ4v) is 0.977. The number of hydrogen-bond acceptors (Lipinski definition) is 2. The van der Waals surface area contributed by atoms with Crippen molar-refractivity contribution in [3.63, 3.8) is 0 Å². The van der Waals surface area contributed by atoms with E-state index in [1.165, 1.54) is 10.9 Å². The highest BCUT2D eigenvalue weighted by Crippen LogP contribution is 2.13. The third-order valence-corrected chi connectivity index (χ3v) is 2.07. The molecule has 1 heterocycles. The minimum atomic E-state index is -0.472. The number of amides is 1. The highest BCUT2D eigenvalue weighted by atomic mass is 79.9. The van der Waals surface area contributed by atoms with Gasteiger partial charge in [-0.25, -0.2) is 0 Å². The van der Waals surface area contributed by atoms with Crippen LogP contribution in [0.1, 0.15) is 10.4 Å². The molecule has 1 aromatic heterocycles. The molecule has 4 nitrogen and oxygen atoms in total. The summed E-state index contributed by atoms with van der Waals surface area (Å²) in [6, 6.07) is 0. The van der Waals surface area contributed by atoms with Gasteiger partial charge in [-0.1, -0.05) is 0 Å². The van der Waals surface area contributed by atoms with E-state index in [-0.39, 0.29) is 0 Å². The SMILES string of the molecule is Cn1ncc(C(N)=O)c1Br. The van der Waals surface area contributed by atoms with Crippen LogP contribution < -0.4 is 5.73 Å². The molecule has 10 heavy (non-hydrogen) atoms. The second kappa shape index (κ2) is 2.42. The van der Waals surface area contributed by atoms with Crippen LogP contribution in [0.25, 0.3) is 0 Å². The standard InChI is InChI=1S/C5H6BrN3O/c1-9-4(6)3(2-8-9)5(7)10/h2H,1H3,(H2,7,10). The van der Waals surface area contributed by atoms with Crippen LogP contribution in [0.5, 0.6) is 0 Å². The predicted molar refractivity (Wildman–Crippen MR) is 39.4 cm³/mol. The van der Waals surface area contributed by atoms with E-state index in [9.17, 15) is 4.79 Å². The van der Waals surface area contributed by atoms with Gasteiger partial charge in [-0.3, -0.25) is 9.48 Å². The van der Waals surface area contributed by atoms with Gasteiger partial charge >= 0.3 is 0 Å². The van der Waals surface area contributed by atoms with Gasteiger partial charge in [0.05, 0.1) is 11.8 Å². The molecule has 0 aliphatic heterocycles. The molecule has 54 valence electrons. The van der Waals surface area contributed by atoms with Crippen molar-refractivity contribution in [2.24, 2.45) is 12.8 Å². The number of aryl methyl sites for hydroxylation is 1. The minimum Gasteiger partial charge on any atom is -0.365 e. The first kappa shape index (κ1) is 7.27. The molecule has 2 N–H and O–H groups in total. The summed E-state index contributed by atoms with van der Waals surface area (Å²) in [5, 5.41) is 3.81. The molecule has 0 unspecified atom stereocenters. The largest absolute Gasteiger partial charge is 0.365 e. The zero-order chi connectivity index (χ0) is 7.72. The fraction of sp³-hybridized carbons (Fsp3) is 0.200. The highest BCUT2D eigenvalue weighted by molar-refractivity contribution is 9.10. The van der Waals surface area contributed by atoms with Gasteiger partial charge < -0.3 is 5.73 Å². The monoisotopic (exact) mass is 203 g/mol. The van der Waals surface area contributed by atoms with Crippen molar-refractivity contribution in [2.75, 3.05) is 0 Å². The summed E-state index contributed by atoms with van der Waals surface area (Å²) in [6.07, 6.45) is 1.42. The summed E-state index contributed by atoms with van der Waals surface area (Å²) in [4.78, 5) is 10.6. The van der Waals surface area contributed by atoms with E-state index in [2.05, 4.69) is 21.0 Å². The summed E-state index contributed by atoms with van der Waals surface area (Å²) in [6.45, 7) is 0. The van der Waals surface area contributed by atoms with Crippen LogP contribution in [0.2, 0.25) is 0 Å². The van der Waals surface area contributed by atoms with Crippen LogP contribution in [0.4, 0.5) is 0 Å². The number of carbonyl (C=O) groups is 1. The Morgan fingerprint density at radius 2 is 2.50 bits per heavy atom. The Balaban J connectivity index is 3.17. The van der Waals surface area contributed by atoms with Gasteiger partial charge in [0.25, 0.3) is 5.91 Å². The molecule has 1 rings (SSSR count). The Hall–Kier alpha value is -0.840. The molecule has 0 aliphatic rings. The van der Waals surface area contributed by atoms with Gasteiger partial charge in [0.1, 0.15) is 4.60 Å². The molecule has 5 heteroatoms. The lowest BCUT2D eigenvalue weighted by Crippen LogP contribution is -2.10. The lowest BCUT2D eigenvalue weighted by molar-refractivity contribution is 0.0999. The molecule has 1 aromatic rings. The molecular formula is C5H6BrN3O. The van der Waals surface area contributed by atoms with Crippen LogP contribution in [-0.2, 0) is 7.05 Å². The fourth-order valence-electron chi connectivity index (χ4n) is 0.588. The van der Waals surface area contributed by atoms with Crippen molar-refractivity contribution < 1.29 is 4.79 Å². The summed E-state index contributed by atoms with van der Waals surface area (Å²) in [5.74, 6) is -0.472. The van der Waals surface area contributed by atoms with Crippen molar-refractivity contribution in [1.29, 1.82) is 0 Å². The number of primary amides is 1. The van der Waals surface area contributed by atoms with Crippen molar-refractivity contribution in [1.82, 2.24) is 9.78 Å². The lowest BCUT2D eigenvalue weighted by Gasteiger charge is -1.91. The Labute approximate surface area is 66.1 Å². The first-order valence-corrected chi connectivity index (χ1v) is 3.39. The maximum absolute atomic E-state index is 10.6. The normalized spacial score (nSPS) is 9.80. The number of aromatic nitrogens is 2. The van der Waals surface area contributed by atoms with Gasteiger partial charge in [0, 0.05) is 7.05 Å². The van der Waals surface area contributed by atoms with Gasteiger partial charge in [-0.05, 0) is 15.9 Å². The molecular weight excluding hydrogens is 198 g/mol. The summed E-state index contributed by atoms with van der Waals surface area (Å²) >= 11 is 3.15. The number of rotatable bonds is 1. The first-order valence-electron chi connectivity index (χ1n) is 2.60. The second-order valence-electron chi connectivity index (χ2n) is 1.84. The average Bonchev–Trinajstić information content (AvgIpc) is 2.14. The zero-order valence-electron chi connectivity index (χ0n) is 5.34. The topological polar surface area (TPSA) is 60.9 Å². The van der Waals surface area contributed by atoms with Crippen molar-refractivity contribution in [3.8, 4) is 0 Å². The third-order valence-electron chi connectivity index (χ3n) is 1.13. The van der Waals surface area contributed by atoms with Crippen LogP contribution in [0.15, 0.2) is 10.8 Å². The average molecular weight is 204 g/mol. The smallest absolute Gasteiger partial charge is 0.253 e. The Kier molecular flexibility index (Phi) is 1.76. The molecule has 0 saturated carbocycles. The minimum absolute atomic E-state index is 0.405. The van der Waals surface area contributed by atoms with Gasteiger partial charge in [0.15, 0.2) is 0 Å². The van der Waals surface area contributed by atoms with E-state index >= 15 is 0 Å². The molecule has 0 aromatic carbocycles. The molecule has 0 atom stereocenters. The Morgan fingerprint density at radius 3 is 2.70 bits per heavy atom. The number of nitrogens with two attached hydrogens (primary N) is 1. The van der Waals surface area contributed by atoms with Crippen LogP contribution in [0.3, 0.4) is 0 Å². The van der Waals surface area contributed by atoms with E-state index in [4.69, 9.17) is 5.73 Å². The molecule has 0 saturated heterocycles. The van der Waals surface area contributed by atoms with Gasteiger partial charge in [-0.15, -0.1) is 0 Å². The van der Waals surface area contributed by atoms with Crippen LogP contribution >= 0.6 is 15.9 Å². The summed E-state index contributed by atoms with van der Waals surface area (Å²) in [7, 11) is 1.72. The molecule has 0 fully saturated rings. The Bertz CT molecular complexity index is 268. The lowest BCUT2D eigenvalue weighted by atomic mass is 10.3. The number of nitrogens with zero attached hydrogens (tertiary/aromatic N) is 2. The van der Waals surface area contributed by atoms with Crippen LogP contribution in [0, 0.1) is 0 Å². The number of halogens is 1. The number of hydrogen-bond donors (Lipinski definition) is 1.